The first-order valence-corrected chi connectivity index (χ1v) is 8.37. The number of halogens is 1. The van der Waals surface area contributed by atoms with E-state index in [9.17, 15) is 14.0 Å². The van der Waals surface area contributed by atoms with Crippen molar-refractivity contribution in [2.24, 2.45) is 0 Å². The zero-order chi connectivity index (χ0) is 17.8. The third-order valence-electron chi connectivity index (χ3n) is 3.41. The molecule has 0 bridgehead atoms. The Balaban J connectivity index is 1.86. The van der Waals surface area contributed by atoms with E-state index in [1.807, 2.05) is 19.1 Å². The summed E-state index contributed by atoms with van der Waals surface area (Å²) in [6.07, 6.45) is 2.91. The minimum Gasteiger partial charge on any atom is -0.322 e. The van der Waals surface area contributed by atoms with Crippen molar-refractivity contribution in [1.82, 2.24) is 4.98 Å². The molecule has 6 heteroatoms. The van der Waals surface area contributed by atoms with Crippen molar-refractivity contribution in [3.8, 4) is 0 Å². The number of carbonyl (C=O) groups is 1. The van der Waals surface area contributed by atoms with Gasteiger partial charge >= 0.3 is 0 Å². The number of anilines is 1. The highest BCUT2D eigenvalue weighted by molar-refractivity contribution is 7.07. The minimum absolute atomic E-state index is 0.316. The van der Waals surface area contributed by atoms with Gasteiger partial charge in [-0.25, -0.2) is 4.39 Å². The second kappa shape index (κ2) is 7.27. The third kappa shape index (κ3) is 4.51. The van der Waals surface area contributed by atoms with E-state index < -0.39 is 0 Å². The fourth-order valence-electron chi connectivity index (χ4n) is 2.21. The Bertz CT molecular complexity index is 1080. The molecule has 0 radical (unpaired) electrons. The van der Waals surface area contributed by atoms with Crippen molar-refractivity contribution >= 4 is 35.1 Å². The number of rotatable bonds is 3. The molecule has 2 aromatic carbocycles. The highest BCUT2D eigenvalue weighted by Crippen LogP contribution is 2.08. The van der Waals surface area contributed by atoms with Crippen molar-refractivity contribution in [1.29, 1.82) is 0 Å². The monoisotopic (exact) mass is 354 g/mol. The van der Waals surface area contributed by atoms with E-state index >= 15 is 0 Å². The zero-order valence-corrected chi connectivity index (χ0v) is 14.2. The van der Waals surface area contributed by atoms with Crippen LogP contribution in [0, 0.1) is 12.7 Å². The van der Waals surface area contributed by atoms with E-state index in [4.69, 9.17) is 0 Å². The van der Waals surface area contributed by atoms with E-state index in [-0.39, 0.29) is 17.3 Å². The fourth-order valence-corrected chi connectivity index (χ4v) is 3.09. The van der Waals surface area contributed by atoms with Crippen molar-refractivity contribution in [2.75, 3.05) is 5.32 Å². The van der Waals surface area contributed by atoms with Crippen LogP contribution in [0.15, 0.2) is 53.3 Å². The lowest BCUT2D eigenvalue weighted by atomic mass is 10.2. The molecule has 4 nitrogen and oxygen atoms in total. The number of aryl methyl sites for hydroxylation is 1. The molecule has 1 amide bonds. The maximum absolute atomic E-state index is 13.2. The molecule has 0 aliphatic carbocycles. The number of nitrogens with one attached hydrogen (secondary N) is 2. The van der Waals surface area contributed by atoms with Crippen LogP contribution in [0.3, 0.4) is 0 Å². The summed E-state index contributed by atoms with van der Waals surface area (Å²) in [4.78, 5) is 26.7. The van der Waals surface area contributed by atoms with Gasteiger partial charge in [-0.15, -0.1) is 11.3 Å². The summed E-state index contributed by atoms with van der Waals surface area (Å²) in [6, 6.07) is 13.4. The van der Waals surface area contributed by atoms with Crippen LogP contribution in [0.1, 0.15) is 11.1 Å². The van der Waals surface area contributed by atoms with Crippen LogP contribution >= 0.6 is 11.3 Å². The van der Waals surface area contributed by atoms with Crippen LogP contribution in [0.25, 0.3) is 12.2 Å². The van der Waals surface area contributed by atoms with Gasteiger partial charge in [-0.1, -0.05) is 29.8 Å². The lowest BCUT2D eigenvalue weighted by molar-refractivity contribution is -0.110. The van der Waals surface area contributed by atoms with Gasteiger partial charge in [-0.2, -0.15) is 0 Å². The molecule has 0 atom stereocenters. The van der Waals surface area contributed by atoms with Gasteiger partial charge in [0.05, 0.1) is 4.53 Å². The maximum atomic E-state index is 13.2. The SMILES string of the molecule is Cc1ccc(NC(=O)/C=c2/[nH]c(=O)/c(=C/c3cccc(F)c3)s2)cc1. The first kappa shape index (κ1) is 16.9. The second-order valence-corrected chi connectivity index (χ2v) is 6.57. The third-order valence-corrected chi connectivity index (χ3v) is 4.37. The number of aromatic amines is 1. The van der Waals surface area contributed by atoms with E-state index in [1.54, 1.807) is 30.3 Å². The maximum Gasteiger partial charge on any atom is 0.266 e. The predicted molar refractivity (Wildman–Crippen MR) is 98.4 cm³/mol. The van der Waals surface area contributed by atoms with E-state index in [0.717, 1.165) is 16.9 Å². The normalized spacial score (nSPS) is 12.4. The van der Waals surface area contributed by atoms with Gasteiger partial charge in [0.25, 0.3) is 11.5 Å². The molecule has 0 aliphatic rings. The molecule has 0 fully saturated rings. The van der Waals surface area contributed by atoms with Gasteiger partial charge in [0.1, 0.15) is 10.5 Å². The summed E-state index contributed by atoms with van der Waals surface area (Å²) in [5, 5.41) is 2.73. The summed E-state index contributed by atoms with van der Waals surface area (Å²) < 4.78 is 14.0. The van der Waals surface area contributed by atoms with Crippen LogP contribution in [-0.2, 0) is 4.79 Å². The summed E-state index contributed by atoms with van der Waals surface area (Å²) in [5.41, 5.74) is 2.05. The lowest BCUT2D eigenvalue weighted by Crippen LogP contribution is -2.20. The molecular weight excluding hydrogens is 339 g/mol. The first-order chi connectivity index (χ1) is 12.0. The van der Waals surface area contributed by atoms with Crippen LogP contribution in [0.2, 0.25) is 0 Å². The van der Waals surface area contributed by atoms with Crippen molar-refractivity contribution < 1.29 is 9.18 Å². The van der Waals surface area contributed by atoms with Gasteiger partial charge < -0.3 is 10.3 Å². The smallest absolute Gasteiger partial charge is 0.266 e. The highest BCUT2D eigenvalue weighted by atomic mass is 32.1. The Hall–Kier alpha value is -2.99. The second-order valence-electron chi connectivity index (χ2n) is 5.48. The Labute approximate surface area is 147 Å². The number of carbonyl (C=O) groups excluding carboxylic acids is 1. The lowest BCUT2D eigenvalue weighted by Gasteiger charge is -2.01. The predicted octanol–water partition coefficient (Wildman–Crippen LogP) is 2.13. The Kier molecular flexibility index (Phi) is 4.90. The molecule has 126 valence electrons. The van der Waals surface area contributed by atoms with Crippen LogP contribution in [-0.4, -0.2) is 10.9 Å². The van der Waals surface area contributed by atoms with E-state index in [2.05, 4.69) is 10.3 Å². The Morgan fingerprint density at radius 1 is 1.20 bits per heavy atom. The highest BCUT2D eigenvalue weighted by Gasteiger charge is 2.01. The molecule has 3 rings (SSSR count). The summed E-state index contributed by atoms with van der Waals surface area (Å²) >= 11 is 1.14. The molecule has 0 saturated carbocycles. The molecular formula is C19H15FN2O2S. The van der Waals surface area contributed by atoms with Crippen molar-refractivity contribution in [3.63, 3.8) is 0 Å². The van der Waals surface area contributed by atoms with E-state index in [1.165, 1.54) is 18.2 Å². The molecule has 0 aliphatic heterocycles. The van der Waals surface area contributed by atoms with E-state index in [0.29, 0.717) is 20.4 Å². The number of hydrogen-bond donors (Lipinski definition) is 2. The van der Waals surface area contributed by atoms with Gasteiger partial charge in [0.2, 0.25) is 0 Å². The largest absolute Gasteiger partial charge is 0.322 e. The fraction of sp³-hybridized carbons (Fsp3) is 0.0526. The van der Waals surface area contributed by atoms with Crippen LogP contribution < -0.4 is 20.1 Å². The average Bonchev–Trinajstić information content (AvgIpc) is 2.89. The van der Waals surface area contributed by atoms with Gasteiger partial charge in [-0.3, -0.25) is 9.59 Å². The van der Waals surface area contributed by atoms with Crippen molar-refractivity contribution in [3.05, 3.63) is 85.0 Å². The molecule has 1 heterocycles. The molecule has 2 N–H and O–H groups in total. The number of aromatic nitrogens is 1. The van der Waals surface area contributed by atoms with Crippen LogP contribution in [0.4, 0.5) is 10.1 Å². The quantitative estimate of drug-likeness (QED) is 0.757. The average molecular weight is 354 g/mol. The Morgan fingerprint density at radius 3 is 2.68 bits per heavy atom. The molecule has 0 unspecified atom stereocenters. The summed E-state index contributed by atoms with van der Waals surface area (Å²) in [6.45, 7) is 1.96. The summed E-state index contributed by atoms with van der Waals surface area (Å²) in [5.74, 6) is -0.704. The molecule has 25 heavy (non-hydrogen) atoms. The zero-order valence-electron chi connectivity index (χ0n) is 13.4. The van der Waals surface area contributed by atoms with Gasteiger partial charge in [0.15, 0.2) is 0 Å². The Morgan fingerprint density at radius 2 is 1.96 bits per heavy atom. The number of H-pyrrole nitrogens is 1. The number of thiazole rings is 1. The number of amides is 1. The first-order valence-electron chi connectivity index (χ1n) is 7.55. The molecule has 1 aromatic heterocycles. The number of hydrogen-bond acceptors (Lipinski definition) is 3. The molecule has 0 spiro atoms. The summed E-state index contributed by atoms with van der Waals surface area (Å²) in [7, 11) is 0. The molecule has 0 saturated heterocycles. The number of benzene rings is 2. The topological polar surface area (TPSA) is 62.0 Å². The van der Waals surface area contributed by atoms with Gasteiger partial charge in [0, 0.05) is 11.8 Å². The van der Waals surface area contributed by atoms with Gasteiger partial charge in [-0.05, 0) is 42.8 Å². The van der Waals surface area contributed by atoms with Crippen molar-refractivity contribution in [2.45, 2.75) is 6.92 Å². The standard InChI is InChI=1S/C19H15FN2O2S/c1-12-5-7-15(8-6-12)21-17(23)11-18-22-19(24)16(25-18)10-13-3-2-4-14(20)9-13/h2-11H,1H3,(H,21,23)(H,22,24)/b16-10-,18-11-. The van der Waals surface area contributed by atoms with Crippen LogP contribution in [0.5, 0.6) is 0 Å². The minimum atomic E-state index is -0.369. The molecule has 3 aromatic rings.